The monoisotopic (exact) mass is 321 g/mol. The largest absolute Gasteiger partial charge is 0.296 e. The van der Waals surface area contributed by atoms with Crippen molar-refractivity contribution >= 4 is 17.3 Å². The summed E-state index contributed by atoms with van der Waals surface area (Å²) in [6, 6.07) is 3.30. The average Bonchev–Trinajstić information content (AvgIpc) is 2.55. The zero-order valence-corrected chi connectivity index (χ0v) is 12.2. The Morgan fingerprint density at radius 3 is 2.43 bits per heavy atom. The zero-order valence-electron chi connectivity index (χ0n) is 12.2. The molecule has 9 heteroatoms. The van der Waals surface area contributed by atoms with Crippen molar-refractivity contribution in [3.63, 3.8) is 0 Å². The molecule has 1 aliphatic rings. The molecule has 0 aliphatic heterocycles. The fraction of sp³-hybridized carbons (Fsp3) is 0.429. The van der Waals surface area contributed by atoms with Gasteiger partial charge in [0.15, 0.2) is 0 Å². The maximum atomic E-state index is 11.0. The van der Waals surface area contributed by atoms with Gasteiger partial charge in [-0.2, -0.15) is 5.48 Å². The number of nitrogens with one attached hydrogen (secondary N) is 1. The molecule has 1 saturated carbocycles. The van der Waals surface area contributed by atoms with Gasteiger partial charge in [-0.3, -0.25) is 25.1 Å². The standard InChI is InChI=1S/C14H15N3O6/c18-8-10-4-1-2-5-12(10)15-23-9-11-13(16(19)20)6-3-7-14(11)17(21)22/h3,6-7,12,15H,1-2,4-5,9H2. The normalized spacial score (nSPS) is 17.6. The average molecular weight is 321 g/mol. The molecule has 1 aromatic rings. The third kappa shape index (κ3) is 3.98. The van der Waals surface area contributed by atoms with Crippen LogP contribution in [0.1, 0.15) is 31.2 Å². The summed E-state index contributed by atoms with van der Waals surface area (Å²) in [6.07, 6.45) is 3.12. The van der Waals surface area contributed by atoms with Gasteiger partial charge < -0.3 is 0 Å². The molecule has 9 nitrogen and oxygen atoms in total. The van der Waals surface area contributed by atoms with Gasteiger partial charge in [-0.05, 0) is 25.3 Å². The van der Waals surface area contributed by atoms with Crippen molar-refractivity contribution in [1.82, 2.24) is 5.48 Å². The summed E-state index contributed by atoms with van der Waals surface area (Å²) in [5, 5.41) is 22.0. The number of hydroxylamine groups is 1. The maximum Gasteiger partial charge on any atom is 0.281 e. The molecular formula is C14H15N3O6. The predicted octanol–water partition coefficient (Wildman–Crippen LogP) is 2.22. The van der Waals surface area contributed by atoms with E-state index in [1.807, 2.05) is 5.94 Å². The van der Waals surface area contributed by atoms with Crippen LogP contribution in [-0.4, -0.2) is 21.8 Å². The summed E-state index contributed by atoms with van der Waals surface area (Å²) < 4.78 is 0. The minimum Gasteiger partial charge on any atom is -0.296 e. The molecule has 0 spiro atoms. The van der Waals surface area contributed by atoms with E-state index < -0.39 is 9.85 Å². The van der Waals surface area contributed by atoms with Crippen LogP contribution < -0.4 is 5.48 Å². The summed E-state index contributed by atoms with van der Waals surface area (Å²) in [5.41, 5.74) is 2.33. The molecule has 0 aromatic heterocycles. The summed E-state index contributed by atoms with van der Waals surface area (Å²) in [5.74, 6) is 1.87. The molecule has 1 N–H and O–H groups in total. The van der Waals surface area contributed by atoms with Gasteiger partial charge in [0.1, 0.15) is 18.1 Å². The van der Waals surface area contributed by atoms with Crippen LogP contribution in [0.4, 0.5) is 11.4 Å². The van der Waals surface area contributed by atoms with Crippen molar-refractivity contribution in [2.24, 2.45) is 0 Å². The second kappa shape index (κ2) is 7.59. The van der Waals surface area contributed by atoms with E-state index in [-0.39, 0.29) is 29.6 Å². The van der Waals surface area contributed by atoms with Crippen molar-refractivity contribution in [3.8, 4) is 0 Å². The summed E-state index contributed by atoms with van der Waals surface area (Å²) >= 11 is 0. The molecule has 23 heavy (non-hydrogen) atoms. The number of carbonyl (C=O) groups excluding carboxylic acids is 1. The Balaban J connectivity index is 2.12. The lowest BCUT2D eigenvalue weighted by molar-refractivity contribution is -0.396. The topological polar surface area (TPSA) is 125 Å². The van der Waals surface area contributed by atoms with Crippen LogP contribution in [-0.2, 0) is 16.2 Å². The first-order valence-electron chi connectivity index (χ1n) is 7.06. The first-order chi connectivity index (χ1) is 11.0. The highest BCUT2D eigenvalue weighted by Gasteiger charge is 2.26. The van der Waals surface area contributed by atoms with E-state index >= 15 is 0 Å². The van der Waals surface area contributed by atoms with Gasteiger partial charge in [0.05, 0.1) is 15.9 Å². The van der Waals surface area contributed by atoms with Crippen molar-refractivity contribution in [3.05, 3.63) is 49.6 Å². The van der Waals surface area contributed by atoms with Crippen molar-refractivity contribution in [2.75, 3.05) is 0 Å². The number of hydrogen-bond acceptors (Lipinski definition) is 7. The SMILES string of the molecule is O=C=C1CCCCC1NOCc1c([N+](=O)[O-])cccc1[N+](=O)[O-]. The highest BCUT2D eigenvalue weighted by atomic mass is 16.7. The van der Waals surface area contributed by atoms with Gasteiger partial charge in [0, 0.05) is 17.7 Å². The van der Waals surface area contributed by atoms with Crippen molar-refractivity contribution in [2.45, 2.75) is 38.3 Å². The van der Waals surface area contributed by atoms with E-state index in [4.69, 9.17) is 4.84 Å². The van der Waals surface area contributed by atoms with Crippen LogP contribution >= 0.6 is 0 Å². The Labute approximate surface area is 131 Å². The summed E-state index contributed by atoms with van der Waals surface area (Å²) in [6.45, 7) is -0.351. The summed E-state index contributed by atoms with van der Waals surface area (Å²) in [7, 11) is 0. The molecule has 0 heterocycles. The first kappa shape index (κ1) is 16.8. The Morgan fingerprint density at radius 1 is 1.22 bits per heavy atom. The van der Waals surface area contributed by atoms with Gasteiger partial charge >= 0.3 is 0 Å². The highest BCUT2D eigenvalue weighted by molar-refractivity contribution is 5.55. The van der Waals surface area contributed by atoms with Gasteiger partial charge in [-0.25, -0.2) is 4.79 Å². The van der Waals surface area contributed by atoms with Gasteiger partial charge in [-0.1, -0.05) is 6.42 Å². The van der Waals surface area contributed by atoms with E-state index in [1.165, 1.54) is 18.2 Å². The minimum atomic E-state index is -0.691. The van der Waals surface area contributed by atoms with E-state index in [2.05, 4.69) is 5.48 Å². The lowest BCUT2D eigenvalue weighted by atomic mass is 9.92. The number of benzene rings is 1. The van der Waals surface area contributed by atoms with Crippen LogP contribution in [0.5, 0.6) is 0 Å². The molecule has 1 atom stereocenters. The molecule has 0 amide bonds. The van der Waals surface area contributed by atoms with E-state index in [1.54, 1.807) is 0 Å². The fourth-order valence-electron chi connectivity index (χ4n) is 2.53. The Bertz CT molecular complexity index is 636. The molecule has 1 aromatic carbocycles. The van der Waals surface area contributed by atoms with Crippen molar-refractivity contribution in [1.29, 1.82) is 0 Å². The highest BCUT2D eigenvalue weighted by Crippen LogP contribution is 2.29. The Morgan fingerprint density at radius 2 is 1.87 bits per heavy atom. The number of rotatable bonds is 6. The lowest BCUT2D eigenvalue weighted by Crippen LogP contribution is -2.33. The summed E-state index contributed by atoms with van der Waals surface area (Å²) in [4.78, 5) is 36.7. The van der Waals surface area contributed by atoms with Gasteiger partial charge in [0.2, 0.25) is 0 Å². The van der Waals surface area contributed by atoms with Crippen LogP contribution in [0.3, 0.4) is 0 Å². The molecule has 0 saturated heterocycles. The number of hydrogen-bond donors (Lipinski definition) is 1. The smallest absolute Gasteiger partial charge is 0.281 e. The predicted molar refractivity (Wildman–Crippen MR) is 79.1 cm³/mol. The van der Waals surface area contributed by atoms with Crippen molar-refractivity contribution < 1.29 is 19.5 Å². The fourth-order valence-corrected chi connectivity index (χ4v) is 2.53. The minimum absolute atomic E-state index is 0.123. The quantitative estimate of drug-likeness (QED) is 0.484. The number of nitrogens with zero attached hydrogens (tertiary/aromatic N) is 2. The molecule has 0 bridgehead atoms. The third-order valence-electron chi connectivity index (χ3n) is 3.70. The van der Waals surface area contributed by atoms with E-state index in [9.17, 15) is 25.0 Å². The second-order valence-corrected chi connectivity index (χ2v) is 5.12. The van der Waals surface area contributed by atoms with Crippen LogP contribution in [0.2, 0.25) is 0 Å². The molecule has 1 fully saturated rings. The van der Waals surface area contributed by atoms with E-state index in [0.717, 1.165) is 12.8 Å². The lowest BCUT2D eigenvalue weighted by Gasteiger charge is -2.23. The maximum absolute atomic E-state index is 11.0. The molecule has 1 aliphatic carbocycles. The Kier molecular flexibility index (Phi) is 5.53. The van der Waals surface area contributed by atoms with E-state index in [0.29, 0.717) is 18.4 Å². The van der Waals surface area contributed by atoms with Gasteiger partial charge in [0.25, 0.3) is 11.4 Å². The number of nitro groups is 2. The second-order valence-electron chi connectivity index (χ2n) is 5.12. The molecule has 0 radical (unpaired) electrons. The molecule has 122 valence electrons. The van der Waals surface area contributed by atoms with Crippen LogP contribution in [0.15, 0.2) is 23.8 Å². The molecule has 2 rings (SSSR count). The van der Waals surface area contributed by atoms with Crippen LogP contribution in [0, 0.1) is 20.2 Å². The third-order valence-corrected chi connectivity index (χ3v) is 3.70. The molecular weight excluding hydrogens is 306 g/mol. The molecule has 1 unspecified atom stereocenters. The van der Waals surface area contributed by atoms with Gasteiger partial charge in [-0.15, -0.1) is 0 Å². The van der Waals surface area contributed by atoms with Crippen LogP contribution in [0.25, 0.3) is 0 Å². The Hall–Kier alpha value is -2.61. The zero-order chi connectivity index (χ0) is 16.8. The number of nitro benzene ring substituents is 2. The first-order valence-corrected chi connectivity index (χ1v) is 7.06.